The number of amides is 1. The maximum absolute atomic E-state index is 11.9. The molecule has 0 bridgehead atoms. The van der Waals surface area contributed by atoms with Crippen LogP contribution in [0.1, 0.15) is 36.3 Å². The molecule has 1 saturated carbocycles. The monoisotopic (exact) mass is 325 g/mol. The van der Waals surface area contributed by atoms with Gasteiger partial charge in [0.2, 0.25) is 5.91 Å². The lowest BCUT2D eigenvalue weighted by atomic mass is 9.85. The topological polar surface area (TPSA) is 63.1 Å². The zero-order chi connectivity index (χ0) is 16.4. The number of fused-ring (bicyclic) bond motifs is 1. The SMILES string of the molecule is O=C(NCc1cn2c(n1)CN(Cc1ccncc1)CC2)C1CCC1. The highest BCUT2D eigenvalue weighted by molar-refractivity contribution is 5.79. The van der Waals surface area contributed by atoms with Gasteiger partial charge in [-0.1, -0.05) is 6.42 Å². The van der Waals surface area contributed by atoms with Crippen LogP contribution in [0.2, 0.25) is 0 Å². The molecule has 1 aliphatic heterocycles. The zero-order valence-corrected chi connectivity index (χ0v) is 13.8. The van der Waals surface area contributed by atoms with Crippen molar-refractivity contribution in [2.45, 2.75) is 45.4 Å². The van der Waals surface area contributed by atoms with E-state index in [2.05, 4.69) is 38.1 Å². The van der Waals surface area contributed by atoms with Gasteiger partial charge in [0.25, 0.3) is 0 Å². The van der Waals surface area contributed by atoms with E-state index in [1.807, 2.05) is 12.4 Å². The minimum atomic E-state index is 0.187. The summed E-state index contributed by atoms with van der Waals surface area (Å²) < 4.78 is 2.22. The van der Waals surface area contributed by atoms with Gasteiger partial charge in [-0.3, -0.25) is 14.7 Å². The molecule has 1 fully saturated rings. The van der Waals surface area contributed by atoms with Gasteiger partial charge in [0.15, 0.2) is 0 Å². The fourth-order valence-electron chi connectivity index (χ4n) is 3.32. The van der Waals surface area contributed by atoms with E-state index in [0.717, 1.165) is 50.5 Å². The molecule has 4 rings (SSSR count). The zero-order valence-electron chi connectivity index (χ0n) is 13.8. The lowest BCUT2D eigenvalue weighted by molar-refractivity contribution is -0.127. The van der Waals surface area contributed by atoms with Gasteiger partial charge >= 0.3 is 0 Å². The second-order valence-electron chi connectivity index (χ2n) is 6.75. The summed E-state index contributed by atoms with van der Waals surface area (Å²) in [4.78, 5) is 23.1. The van der Waals surface area contributed by atoms with Crippen molar-refractivity contribution in [2.75, 3.05) is 6.54 Å². The number of nitrogens with zero attached hydrogens (tertiary/aromatic N) is 4. The van der Waals surface area contributed by atoms with Gasteiger partial charge in [-0.25, -0.2) is 4.98 Å². The van der Waals surface area contributed by atoms with Crippen LogP contribution >= 0.6 is 0 Å². The Kier molecular flexibility index (Phi) is 4.30. The number of carbonyl (C=O) groups excluding carboxylic acids is 1. The first-order valence-electron chi connectivity index (χ1n) is 8.72. The van der Waals surface area contributed by atoms with Crippen LogP contribution in [0, 0.1) is 5.92 Å². The fourth-order valence-corrected chi connectivity index (χ4v) is 3.32. The molecule has 2 aliphatic rings. The van der Waals surface area contributed by atoms with Crippen molar-refractivity contribution in [2.24, 2.45) is 5.92 Å². The molecule has 126 valence electrons. The van der Waals surface area contributed by atoms with Crippen LogP contribution in [0.25, 0.3) is 0 Å². The maximum Gasteiger partial charge on any atom is 0.223 e. The summed E-state index contributed by atoms with van der Waals surface area (Å²) in [5, 5.41) is 3.03. The molecule has 6 nitrogen and oxygen atoms in total. The number of rotatable bonds is 5. The summed E-state index contributed by atoms with van der Waals surface area (Å²) in [5.41, 5.74) is 2.24. The van der Waals surface area contributed by atoms with Crippen LogP contribution in [0.4, 0.5) is 0 Å². The number of pyridine rings is 1. The molecule has 3 heterocycles. The van der Waals surface area contributed by atoms with Gasteiger partial charge in [0.1, 0.15) is 5.82 Å². The largest absolute Gasteiger partial charge is 0.350 e. The molecule has 1 aliphatic carbocycles. The van der Waals surface area contributed by atoms with E-state index in [-0.39, 0.29) is 11.8 Å². The highest BCUT2D eigenvalue weighted by Gasteiger charge is 2.25. The van der Waals surface area contributed by atoms with Crippen molar-refractivity contribution in [3.8, 4) is 0 Å². The van der Waals surface area contributed by atoms with Crippen LogP contribution in [-0.2, 0) is 31.0 Å². The molecule has 24 heavy (non-hydrogen) atoms. The Labute approximate surface area is 141 Å². The van der Waals surface area contributed by atoms with Gasteiger partial charge in [-0.05, 0) is 30.5 Å². The molecule has 0 atom stereocenters. The van der Waals surface area contributed by atoms with Crippen LogP contribution in [-0.4, -0.2) is 31.9 Å². The average molecular weight is 325 g/mol. The normalized spacial score (nSPS) is 18.0. The van der Waals surface area contributed by atoms with Crippen molar-refractivity contribution in [1.82, 2.24) is 24.8 Å². The van der Waals surface area contributed by atoms with E-state index in [1.54, 1.807) is 0 Å². The summed E-state index contributed by atoms with van der Waals surface area (Å²) in [6, 6.07) is 4.12. The molecule has 6 heteroatoms. The Morgan fingerprint density at radius 3 is 2.83 bits per heavy atom. The third-order valence-electron chi connectivity index (χ3n) is 5.01. The van der Waals surface area contributed by atoms with E-state index in [9.17, 15) is 4.79 Å². The molecule has 2 aromatic heterocycles. The van der Waals surface area contributed by atoms with Crippen molar-refractivity contribution >= 4 is 5.91 Å². The van der Waals surface area contributed by atoms with E-state index < -0.39 is 0 Å². The average Bonchev–Trinajstić information content (AvgIpc) is 2.94. The van der Waals surface area contributed by atoms with Gasteiger partial charge < -0.3 is 9.88 Å². The number of aromatic nitrogens is 3. The van der Waals surface area contributed by atoms with E-state index >= 15 is 0 Å². The standard InChI is InChI=1S/C18H23N5O/c24-18(15-2-1-3-15)20-10-16-12-23-9-8-22(13-17(23)21-16)11-14-4-6-19-7-5-14/h4-7,12,15H,1-3,8-11,13H2,(H,20,24). The number of imidazole rings is 1. The summed E-state index contributed by atoms with van der Waals surface area (Å²) in [6.07, 6.45) is 9.02. The van der Waals surface area contributed by atoms with Crippen LogP contribution < -0.4 is 5.32 Å². The van der Waals surface area contributed by atoms with Gasteiger partial charge in [-0.2, -0.15) is 0 Å². The first kappa shape index (κ1) is 15.3. The molecule has 0 saturated heterocycles. The third kappa shape index (κ3) is 3.33. The molecule has 0 aromatic carbocycles. The number of nitrogens with one attached hydrogen (secondary N) is 1. The molecule has 1 amide bonds. The Morgan fingerprint density at radius 2 is 2.08 bits per heavy atom. The third-order valence-corrected chi connectivity index (χ3v) is 5.01. The highest BCUT2D eigenvalue weighted by Crippen LogP contribution is 2.26. The Balaban J connectivity index is 1.34. The van der Waals surface area contributed by atoms with Crippen molar-refractivity contribution in [3.05, 3.63) is 47.8 Å². The number of hydrogen-bond donors (Lipinski definition) is 1. The highest BCUT2D eigenvalue weighted by atomic mass is 16.1. The number of carbonyl (C=O) groups is 1. The Hall–Kier alpha value is -2.21. The van der Waals surface area contributed by atoms with Crippen LogP contribution in [0.15, 0.2) is 30.7 Å². The summed E-state index contributed by atoms with van der Waals surface area (Å²) >= 11 is 0. The van der Waals surface area contributed by atoms with Gasteiger partial charge in [0, 0.05) is 44.1 Å². The maximum atomic E-state index is 11.9. The first-order chi connectivity index (χ1) is 11.8. The van der Waals surface area contributed by atoms with E-state index in [0.29, 0.717) is 6.54 Å². The first-order valence-corrected chi connectivity index (χ1v) is 8.72. The minimum Gasteiger partial charge on any atom is -0.350 e. The number of hydrogen-bond acceptors (Lipinski definition) is 4. The molecule has 0 radical (unpaired) electrons. The van der Waals surface area contributed by atoms with Crippen LogP contribution in [0.5, 0.6) is 0 Å². The van der Waals surface area contributed by atoms with Gasteiger partial charge in [0.05, 0.1) is 18.8 Å². The smallest absolute Gasteiger partial charge is 0.223 e. The second-order valence-corrected chi connectivity index (χ2v) is 6.75. The molecular formula is C18H23N5O. The van der Waals surface area contributed by atoms with Crippen molar-refractivity contribution in [1.29, 1.82) is 0 Å². The lowest BCUT2D eigenvalue weighted by Gasteiger charge is -2.27. The van der Waals surface area contributed by atoms with Crippen molar-refractivity contribution in [3.63, 3.8) is 0 Å². The molecular weight excluding hydrogens is 302 g/mol. The van der Waals surface area contributed by atoms with Gasteiger partial charge in [-0.15, -0.1) is 0 Å². The van der Waals surface area contributed by atoms with E-state index in [1.165, 1.54) is 12.0 Å². The summed E-state index contributed by atoms with van der Waals surface area (Å²) in [5.74, 6) is 1.51. The fraction of sp³-hybridized carbons (Fsp3) is 0.500. The minimum absolute atomic E-state index is 0.187. The van der Waals surface area contributed by atoms with Crippen molar-refractivity contribution < 1.29 is 4.79 Å². The molecule has 0 unspecified atom stereocenters. The van der Waals surface area contributed by atoms with Crippen LogP contribution in [0.3, 0.4) is 0 Å². The molecule has 2 aromatic rings. The lowest BCUT2D eigenvalue weighted by Crippen LogP contribution is -2.34. The second kappa shape index (κ2) is 6.73. The Bertz CT molecular complexity index is 707. The predicted octanol–water partition coefficient (Wildman–Crippen LogP) is 1.71. The molecule has 1 N–H and O–H groups in total. The summed E-state index contributed by atoms with van der Waals surface area (Å²) in [7, 11) is 0. The quantitative estimate of drug-likeness (QED) is 0.909. The summed E-state index contributed by atoms with van der Waals surface area (Å²) in [6.45, 7) is 4.27. The predicted molar refractivity (Wildman–Crippen MR) is 89.8 cm³/mol. The van der Waals surface area contributed by atoms with E-state index in [4.69, 9.17) is 4.98 Å². The molecule has 0 spiro atoms. The Morgan fingerprint density at radius 1 is 1.25 bits per heavy atom.